The Hall–Kier alpha value is -0.0831. The molecule has 0 bridgehead atoms. The van der Waals surface area contributed by atoms with Crippen molar-refractivity contribution in [3.63, 3.8) is 0 Å². The van der Waals surface area contributed by atoms with E-state index in [1.807, 2.05) is 27.7 Å². The fourth-order valence-corrected chi connectivity index (χ4v) is 6.61. The molecular formula is C14H28O5SSi. The molecule has 1 fully saturated rings. The monoisotopic (exact) mass is 336 g/mol. The molecule has 0 aromatic rings. The van der Waals surface area contributed by atoms with Crippen LogP contribution >= 0.6 is 11.8 Å². The van der Waals surface area contributed by atoms with E-state index in [9.17, 15) is 9.90 Å². The summed E-state index contributed by atoms with van der Waals surface area (Å²) in [5, 5.41) is 9.27. The van der Waals surface area contributed by atoms with Gasteiger partial charge in [0, 0.05) is 30.6 Å². The van der Waals surface area contributed by atoms with Crippen LogP contribution < -0.4 is 0 Å². The Balaban J connectivity index is 2.56. The Kier molecular flexibility index (Phi) is 6.73. The fourth-order valence-electron chi connectivity index (χ4n) is 2.63. The lowest BCUT2D eigenvalue weighted by Gasteiger charge is -2.28. The fraction of sp³-hybridized carbons (Fsp3) is 0.929. The van der Waals surface area contributed by atoms with E-state index in [0.717, 1.165) is 18.9 Å². The molecule has 0 radical (unpaired) electrons. The molecule has 0 saturated carbocycles. The second-order valence-electron chi connectivity index (χ2n) is 5.51. The van der Waals surface area contributed by atoms with Gasteiger partial charge >= 0.3 is 14.8 Å². The van der Waals surface area contributed by atoms with Crippen molar-refractivity contribution < 1.29 is 23.2 Å². The summed E-state index contributed by atoms with van der Waals surface area (Å²) < 4.78 is 16.6. The highest BCUT2D eigenvalue weighted by atomic mass is 32.2. The van der Waals surface area contributed by atoms with Gasteiger partial charge < -0.3 is 18.4 Å². The molecule has 1 heterocycles. The topological polar surface area (TPSA) is 65.0 Å². The van der Waals surface area contributed by atoms with Crippen LogP contribution in [0.3, 0.4) is 0 Å². The van der Waals surface area contributed by atoms with Crippen molar-refractivity contribution in [2.75, 3.05) is 19.8 Å². The number of hydrogen-bond donors (Lipinski definition) is 1. The summed E-state index contributed by atoms with van der Waals surface area (Å²) in [5.41, 5.74) is 0. The van der Waals surface area contributed by atoms with Crippen molar-refractivity contribution in [2.24, 2.45) is 0 Å². The minimum atomic E-state index is -2.60. The Morgan fingerprint density at radius 1 is 1.10 bits per heavy atom. The Labute approximate surface area is 133 Å². The highest BCUT2D eigenvalue weighted by Crippen LogP contribution is 2.66. The second kappa shape index (κ2) is 7.46. The van der Waals surface area contributed by atoms with E-state index in [0.29, 0.717) is 19.8 Å². The van der Waals surface area contributed by atoms with Crippen molar-refractivity contribution >= 4 is 26.5 Å². The lowest BCUT2D eigenvalue weighted by atomic mass is 9.92. The molecule has 1 N–H and O–H groups in total. The highest BCUT2D eigenvalue weighted by Gasteiger charge is 2.67. The maximum atomic E-state index is 11.3. The van der Waals surface area contributed by atoms with Gasteiger partial charge in [-0.15, -0.1) is 11.8 Å². The lowest BCUT2D eigenvalue weighted by molar-refractivity contribution is -0.138. The zero-order valence-corrected chi connectivity index (χ0v) is 15.5. The van der Waals surface area contributed by atoms with Crippen molar-refractivity contribution in [3.05, 3.63) is 0 Å². The molecule has 5 nitrogen and oxygen atoms in total. The normalized spacial score (nSPS) is 28.6. The van der Waals surface area contributed by atoms with Gasteiger partial charge in [0.25, 0.3) is 0 Å². The highest BCUT2D eigenvalue weighted by molar-refractivity contribution is 8.10. The summed E-state index contributed by atoms with van der Waals surface area (Å²) in [6, 6.07) is 0.744. The van der Waals surface area contributed by atoms with Crippen LogP contribution in [0, 0.1) is 0 Å². The van der Waals surface area contributed by atoms with Crippen LogP contribution in [0.4, 0.5) is 0 Å². The van der Waals surface area contributed by atoms with E-state index < -0.39 is 19.5 Å². The minimum Gasteiger partial charge on any atom is -0.480 e. The molecule has 0 spiro atoms. The van der Waals surface area contributed by atoms with E-state index in [4.69, 9.17) is 13.3 Å². The zero-order valence-electron chi connectivity index (χ0n) is 13.7. The molecule has 1 rings (SSSR count). The molecule has 0 aromatic carbocycles. The molecule has 2 atom stereocenters. The molecule has 0 aliphatic carbocycles. The molecular weight excluding hydrogens is 308 g/mol. The van der Waals surface area contributed by atoms with Gasteiger partial charge in [-0.1, -0.05) is 0 Å². The third-order valence-corrected chi connectivity index (χ3v) is 9.08. The molecule has 0 aromatic heterocycles. The number of carboxylic acid groups (broad SMARTS) is 1. The van der Waals surface area contributed by atoms with Gasteiger partial charge in [0.2, 0.25) is 0 Å². The number of aliphatic carboxylic acids is 1. The summed E-state index contributed by atoms with van der Waals surface area (Å²) in [6.07, 6.45) is 1.70. The third-order valence-electron chi connectivity index (χ3n) is 4.03. The molecule has 124 valence electrons. The Bertz CT molecular complexity index is 350. The largest absolute Gasteiger partial charge is 0.500 e. The first-order valence-corrected chi connectivity index (χ1v) is 10.4. The lowest BCUT2D eigenvalue weighted by Crippen LogP contribution is -2.46. The van der Waals surface area contributed by atoms with Crippen LogP contribution in [0.25, 0.3) is 0 Å². The first kappa shape index (κ1) is 19.0. The number of thioether (sulfide) groups is 1. The molecule has 21 heavy (non-hydrogen) atoms. The smallest absolute Gasteiger partial charge is 0.480 e. The van der Waals surface area contributed by atoms with Gasteiger partial charge in [0.15, 0.2) is 0 Å². The van der Waals surface area contributed by atoms with E-state index in [1.54, 1.807) is 6.92 Å². The SMILES string of the molecule is CCO[Si](CCCC1(C)SC1(C)C(=O)O)(OCC)OCC. The second-order valence-corrected chi connectivity index (χ2v) is 10.2. The standard InChI is InChI=1S/C14H28O5SSi/c1-6-17-21(18-7-2,19-8-3)11-9-10-13(4)14(5,20-13)12(15)16/h6-11H2,1-5H3,(H,15,16). The van der Waals surface area contributed by atoms with E-state index in [1.165, 1.54) is 11.8 Å². The number of hydrogen-bond acceptors (Lipinski definition) is 5. The van der Waals surface area contributed by atoms with Crippen LogP contribution in [0.15, 0.2) is 0 Å². The van der Waals surface area contributed by atoms with Crippen molar-refractivity contribution in [1.29, 1.82) is 0 Å². The summed E-state index contributed by atoms with van der Waals surface area (Å²) >= 11 is 1.53. The van der Waals surface area contributed by atoms with Crippen molar-refractivity contribution in [2.45, 2.75) is 63.0 Å². The Morgan fingerprint density at radius 2 is 1.57 bits per heavy atom. The van der Waals surface area contributed by atoms with Gasteiger partial charge in [0.05, 0.1) is 0 Å². The molecule has 1 aliphatic heterocycles. The average molecular weight is 337 g/mol. The van der Waals surface area contributed by atoms with Gasteiger partial charge in [-0.3, -0.25) is 4.79 Å². The maximum absolute atomic E-state index is 11.3. The summed E-state index contributed by atoms with van der Waals surface area (Å²) in [4.78, 5) is 11.3. The third kappa shape index (κ3) is 4.22. The Morgan fingerprint density at radius 3 is 1.90 bits per heavy atom. The van der Waals surface area contributed by atoms with Crippen LogP contribution in [0.2, 0.25) is 6.04 Å². The summed E-state index contributed by atoms with van der Waals surface area (Å²) in [5.74, 6) is -0.724. The van der Waals surface area contributed by atoms with Gasteiger partial charge in [-0.25, -0.2) is 0 Å². The average Bonchev–Trinajstić information content (AvgIpc) is 2.94. The predicted octanol–water partition coefficient (Wildman–Crippen LogP) is 3.16. The first-order valence-electron chi connectivity index (χ1n) is 7.64. The quantitative estimate of drug-likeness (QED) is 0.462. The van der Waals surface area contributed by atoms with E-state index in [-0.39, 0.29) is 4.75 Å². The first-order chi connectivity index (χ1) is 9.79. The van der Waals surface area contributed by atoms with Crippen LogP contribution in [-0.2, 0) is 18.1 Å². The van der Waals surface area contributed by atoms with Gasteiger partial charge in [0.1, 0.15) is 4.75 Å². The molecule has 2 unspecified atom stereocenters. The predicted molar refractivity (Wildman–Crippen MR) is 86.7 cm³/mol. The molecule has 1 saturated heterocycles. The zero-order chi connectivity index (χ0) is 16.1. The minimum absolute atomic E-state index is 0.191. The number of rotatable bonds is 11. The molecule has 0 amide bonds. The van der Waals surface area contributed by atoms with Crippen LogP contribution in [-0.4, -0.2) is 49.2 Å². The van der Waals surface area contributed by atoms with Gasteiger partial charge in [-0.2, -0.15) is 0 Å². The summed E-state index contributed by atoms with van der Waals surface area (Å²) in [7, 11) is -2.60. The molecule has 1 aliphatic rings. The maximum Gasteiger partial charge on any atom is 0.500 e. The van der Waals surface area contributed by atoms with E-state index in [2.05, 4.69) is 0 Å². The number of carbonyl (C=O) groups is 1. The molecule has 7 heteroatoms. The number of carboxylic acids is 1. The van der Waals surface area contributed by atoms with Gasteiger partial charge in [-0.05, 0) is 47.5 Å². The summed E-state index contributed by atoms with van der Waals surface area (Å²) in [6.45, 7) is 11.4. The van der Waals surface area contributed by atoms with Crippen molar-refractivity contribution in [3.8, 4) is 0 Å². The van der Waals surface area contributed by atoms with E-state index >= 15 is 0 Å². The van der Waals surface area contributed by atoms with Crippen molar-refractivity contribution in [1.82, 2.24) is 0 Å². The van der Waals surface area contributed by atoms with Crippen LogP contribution in [0.5, 0.6) is 0 Å². The van der Waals surface area contributed by atoms with Crippen LogP contribution in [0.1, 0.15) is 47.5 Å².